The van der Waals surface area contributed by atoms with E-state index in [1.165, 1.54) is 12.8 Å². The number of nitrogens with one attached hydrogen (secondary N) is 1. The van der Waals surface area contributed by atoms with Crippen molar-refractivity contribution in [1.82, 2.24) is 5.32 Å². The van der Waals surface area contributed by atoms with Crippen molar-refractivity contribution in [3.8, 4) is 0 Å². The van der Waals surface area contributed by atoms with Gasteiger partial charge in [-0.1, -0.05) is 33.1 Å². The van der Waals surface area contributed by atoms with Gasteiger partial charge in [-0.25, -0.2) is 4.79 Å². The third-order valence-corrected chi connectivity index (χ3v) is 4.43. The Morgan fingerprint density at radius 1 is 1.12 bits per heavy atom. The molecule has 0 saturated carbocycles. The van der Waals surface area contributed by atoms with E-state index in [1.807, 2.05) is 18.7 Å². The van der Waals surface area contributed by atoms with Crippen molar-refractivity contribution in [2.24, 2.45) is 5.92 Å². The maximum Gasteiger partial charge on any atom is 0.335 e. The van der Waals surface area contributed by atoms with Gasteiger partial charge in [0.05, 0.1) is 5.56 Å². The first-order valence-electron chi connectivity index (χ1n) is 8.89. The van der Waals surface area contributed by atoms with Crippen molar-refractivity contribution in [2.45, 2.75) is 52.5 Å². The second-order valence-corrected chi connectivity index (χ2v) is 6.74. The number of hydrogen-bond donors (Lipinski definition) is 2. The highest BCUT2D eigenvalue weighted by atomic mass is 16.4. The minimum atomic E-state index is -0.939. The van der Waals surface area contributed by atoms with E-state index in [0.29, 0.717) is 13.1 Å². The fourth-order valence-electron chi connectivity index (χ4n) is 3.06. The third-order valence-electron chi connectivity index (χ3n) is 4.43. The predicted molar refractivity (Wildman–Crippen MR) is 95.4 cm³/mol. The van der Waals surface area contributed by atoms with Crippen molar-refractivity contribution in [3.05, 3.63) is 29.3 Å². The zero-order chi connectivity index (χ0) is 17.5. The fourth-order valence-corrected chi connectivity index (χ4v) is 3.06. The van der Waals surface area contributed by atoms with Gasteiger partial charge in [0, 0.05) is 24.7 Å². The van der Waals surface area contributed by atoms with Gasteiger partial charge in [0.25, 0.3) is 0 Å². The second kappa shape index (κ2) is 8.83. The summed E-state index contributed by atoms with van der Waals surface area (Å²) in [5.41, 5.74) is 1.98. The lowest BCUT2D eigenvalue weighted by atomic mass is 10.0. The molecule has 1 aliphatic rings. The summed E-state index contributed by atoms with van der Waals surface area (Å²) in [4.78, 5) is 25.8. The molecular formula is C19H28N2O3. The van der Waals surface area contributed by atoms with Gasteiger partial charge in [-0.05, 0) is 43.1 Å². The van der Waals surface area contributed by atoms with Gasteiger partial charge in [-0.15, -0.1) is 0 Å². The van der Waals surface area contributed by atoms with Crippen molar-refractivity contribution in [1.29, 1.82) is 0 Å². The van der Waals surface area contributed by atoms with E-state index in [0.717, 1.165) is 37.1 Å². The van der Waals surface area contributed by atoms with E-state index in [-0.39, 0.29) is 17.4 Å². The molecule has 0 radical (unpaired) electrons. The molecule has 24 heavy (non-hydrogen) atoms. The molecule has 5 heteroatoms. The molecule has 0 aromatic heterocycles. The first kappa shape index (κ1) is 18.5. The van der Waals surface area contributed by atoms with Crippen LogP contribution in [0.25, 0.3) is 0 Å². The van der Waals surface area contributed by atoms with Gasteiger partial charge in [-0.2, -0.15) is 0 Å². The molecule has 0 fully saturated rings. The minimum Gasteiger partial charge on any atom is -0.478 e. The van der Waals surface area contributed by atoms with Crippen LogP contribution in [-0.2, 0) is 11.3 Å². The average Bonchev–Trinajstić information content (AvgIpc) is 2.54. The highest BCUT2D eigenvalue weighted by molar-refractivity contribution is 5.96. The lowest BCUT2D eigenvalue weighted by Crippen LogP contribution is -2.36. The van der Waals surface area contributed by atoms with Crippen molar-refractivity contribution >= 4 is 17.6 Å². The number of carboxylic acids is 1. The molecule has 1 aliphatic heterocycles. The SMILES string of the molecule is CC(C)C(=O)N1CCCCCCCNCc2cc(C(=O)O)ccc21. The van der Waals surface area contributed by atoms with E-state index in [4.69, 9.17) is 0 Å². The van der Waals surface area contributed by atoms with Crippen LogP contribution in [0.2, 0.25) is 0 Å². The number of aromatic carboxylic acids is 1. The van der Waals surface area contributed by atoms with Gasteiger partial charge in [0.2, 0.25) is 5.91 Å². The Bertz CT molecular complexity index is 584. The summed E-state index contributed by atoms with van der Waals surface area (Å²) in [6, 6.07) is 5.07. The Balaban J connectivity index is 2.39. The van der Waals surface area contributed by atoms with Crippen LogP contribution in [0.3, 0.4) is 0 Å². The highest BCUT2D eigenvalue weighted by Gasteiger charge is 2.22. The highest BCUT2D eigenvalue weighted by Crippen LogP contribution is 2.25. The molecule has 2 N–H and O–H groups in total. The molecule has 132 valence electrons. The van der Waals surface area contributed by atoms with Crippen molar-refractivity contribution in [2.75, 3.05) is 18.0 Å². The molecule has 1 heterocycles. The summed E-state index contributed by atoms with van der Waals surface area (Å²) in [6.45, 7) is 5.99. The summed E-state index contributed by atoms with van der Waals surface area (Å²) in [7, 11) is 0. The first-order chi connectivity index (χ1) is 11.5. The van der Waals surface area contributed by atoms with Crippen LogP contribution in [0.1, 0.15) is 61.9 Å². The van der Waals surface area contributed by atoms with Crippen LogP contribution in [-0.4, -0.2) is 30.1 Å². The largest absolute Gasteiger partial charge is 0.478 e. The molecule has 1 aromatic carbocycles. The quantitative estimate of drug-likeness (QED) is 0.870. The Morgan fingerprint density at radius 3 is 2.54 bits per heavy atom. The van der Waals surface area contributed by atoms with Crippen LogP contribution in [0.4, 0.5) is 5.69 Å². The van der Waals surface area contributed by atoms with Gasteiger partial charge in [0.15, 0.2) is 0 Å². The summed E-state index contributed by atoms with van der Waals surface area (Å²) in [5.74, 6) is -0.931. The maximum atomic E-state index is 12.7. The van der Waals surface area contributed by atoms with Crippen LogP contribution in [0, 0.1) is 5.92 Å². The topological polar surface area (TPSA) is 69.6 Å². The Morgan fingerprint density at radius 2 is 1.83 bits per heavy atom. The molecule has 2 rings (SSSR count). The van der Waals surface area contributed by atoms with Crippen LogP contribution < -0.4 is 10.2 Å². The smallest absolute Gasteiger partial charge is 0.335 e. The zero-order valence-electron chi connectivity index (χ0n) is 14.7. The molecule has 0 unspecified atom stereocenters. The number of nitrogens with zero attached hydrogens (tertiary/aromatic N) is 1. The van der Waals surface area contributed by atoms with E-state index >= 15 is 0 Å². The number of carbonyl (C=O) groups excluding carboxylic acids is 1. The van der Waals surface area contributed by atoms with E-state index in [9.17, 15) is 14.7 Å². The molecule has 0 bridgehead atoms. The predicted octanol–water partition coefficient (Wildman–Crippen LogP) is 3.43. The molecule has 0 aliphatic carbocycles. The summed E-state index contributed by atoms with van der Waals surface area (Å²) >= 11 is 0. The molecular weight excluding hydrogens is 304 g/mol. The number of rotatable bonds is 2. The normalized spacial score (nSPS) is 16.9. The maximum absolute atomic E-state index is 12.7. The van der Waals surface area contributed by atoms with E-state index in [2.05, 4.69) is 5.32 Å². The van der Waals surface area contributed by atoms with Gasteiger partial charge < -0.3 is 15.3 Å². The van der Waals surface area contributed by atoms with Crippen molar-refractivity contribution < 1.29 is 14.7 Å². The zero-order valence-corrected chi connectivity index (χ0v) is 14.7. The first-order valence-corrected chi connectivity index (χ1v) is 8.89. The van der Waals surface area contributed by atoms with E-state index < -0.39 is 5.97 Å². The van der Waals surface area contributed by atoms with Gasteiger partial charge in [-0.3, -0.25) is 4.79 Å². The minimum absolute atomic E-state index is 0.0853. The average molecular weight is 332 g/mol. The molecule has 5 nitrogen and oxygen atoms in total. The molecule has 0 atom stereocenters. The Kier molecular flexibility index (Phi) is 6.79. The lowest BCUT2D eigenvalue weighted by Gasteiger charge is -2.28. The van der Waals surface area contributed by atoms with Crippen molar-refractivity contribution in [3.63, 3.8) is 0 Å². The monoisotopic (exact) mass is 332 g/mol. The van der Waals surface area contributed by atoms with Gasteiger partial charge in [0.1, 0.15) is 0 Å². The molecule has 1 amide bonds. The third kappa shape index (κ3) is 4.81. The molecule has 0 saturated heterocycles. The van der Waals surface area contributed by atoms with Crippen LogP contribution in [0.15, 0.2) is 18.2 Å². The summed E-state index contributed by atoms with van der Waals surface area (Å²) in [5, 5.41) is 12.6. The van der Waals surface area contributed by atoms with Gasteiger partial charge >= 0.3 is 5.97 Å². The number of amides is 1. The number of carboxylic acid groups (broad SMARTS) is 1. The number of fused-ring (bicyclic) bond motifs is 1. The Hall–Kier alpha value is -1.88. The Labute approximate surface area is 144 Å². The fraction of sp³-hybridized carbons (Fsp3) is 0.579. The number of benzene rings is 1. The van der Waals surface area contributed by atoms with Crippen LogP contribution in [0.5, 0.6) is 0 Å². The number of anilines is 1. The standard InChI is InChI=1S/C19H28N2O3/c1-14(2)18(22)21-11-7-5-3-4-6-10-20-13-16-12-15(19(23)24)8-9-17(16)21/h8-9,12,14,20H,3-7,10-11,13H2,1-2H3,(H,23,24). The van der Waals surface area contributed by atoms with E-state index in [1.54, 1.807) is 18.2 Å². The number of carbonyl (C=O) groups is 2. The molecule has 1 aromatic rings. The second-order valence-electron chi connectivity index (χ2n) is 6.74. The summed E-state index contributed by atoms with van der Waals surface area (Å²) < 4.78 is 0. The summed E-state index contributed by atoms with van der Waals surface area (Å²) in [6.07, 6.45) is 5.60. The number of hydrogen-bond acceptors (Lipinski definition) is 3. The molecule has 0 spiro atoms. The van der Waals surface area contributed by atoms with Crippen LogP contribution >= 0.6 is 0 Å². The lowest BCUT2D eigenvalue weighted by molar-refractivity contribution is -0.121.